The Bertz CT molecular complexity index is 1070. The largest absolute Gasteiger partial charge is 0.454 e. The van der Waals surface area contributed by atoms with E-state index in [0.717, 1.165) is 0 Å². The number of carbonyl (C=O) groups is 3. The molecule has 0 atom stereocenters. The lowest BCUT2D eigenvalue weighted by molar-refractivity contribution is 0.0474. The molecule has 3 aromatic rings. The highest BCUT2D eigenvalue weighted by Crippen LogP contribution is 2.23. The van der Waals surface area contributed by atoms with Crippen LogP contribution in [0.1, 0.15) is 31.1 Å². The van der Waals surface area contributed by atoms with Gasteiger partial charge < -0.3 is 10.1 Å². The topological polar surface area (TPSA) is 72.5 Å². The van der Waals surface area contributed by atoms with E-state index in [4.69, 9.17) is 27.9 Å². The van der Waals surface area contributed by atoms with Crippen LogP contribution >= 0.6 is 23.2 Å². The number of benzene rings is 3. The maximum absolute atomic E-state index is 12.3. The van der Waals surface area contributed by atoms with Crippen LogP contribution in [0.25, 0.3) is 0 Å². The molecule has 0 unspecified atom stereocenters. The predicted molar refractivity (Wildman–Crippen MR) is 112 cm³/mol. The van der Waals surface area contributed by atoms with E-state index < -0.39 is 18.4 Å². The standard InChI is InChI=1S/C22H15Cl2NO4/c23-18-10-9-15(12-19(18)24)20(26)13-29-22(28)16-7-4-8-17(11-16)25-21(27)14-5-2-1-3-6-14/h1-12H,13H2,(H,25,27). The van der Waals surface area contributed by atoms with Crippen molar-refractivity contribution < 1.29 is 19.1 Å². The molecule has 1 amide bonds. The Morgan fingerprint density at radius 1 is 0.759 bits per heavy atom. The number of halogens is 2. The second-order valence-corrected chi connectivity index (χ2v) is 6.84. The van der Waals surface area contributed by atoms with Gasteiger partial charge in [-0.25, -0.2) is 4.79 Å². The zero-order valence-corrected chi connectivity index (χ0v) is 16.5. The summed E-state index contributed by atoms with van der Waals surface area (Å²) < 4.78 is 5.08. The number of hydrogen-bond acceptors (Lipinski definition) is 4. The van der Waals surface area contributed by atoms with E-state index in [-0.39, 0.29) is 22.1 Å². The van der Waals surface area contributed by atoms with E-state index in [9.17, 15) is 14.4 Å². The van der Waals surface area contributed by atoms with Gasteiger partial charge in [0.25, 0.3) is 5.91 Å². The van der Waals surface area contributed by atoms with E-state index in [1.807, 2.05) is 6.07 Å². The van der Waals surface area contributed by atoms with Gasteiger partial charge in [-0.3, -0.25) is 9.59 Å². The molecule has 0 saturated carbocycles. The number of hydrogen-bond donors (Lipinski definition) is 1. The first kappa shape index (κ1) is 20.6. The molecule has 0 heterocycles. The van der Waals surface area contributed by atoms with Crippen LogP contribution in [-0.4, -0.2) is 24.3 Å². The molecule has 0 aromatic heterocycles. The highest BCUT2D eigenvalue weighted by molar-refractivity contribution is 6.42. The van der Waals surface area contributed by atoms with Crippen LogP contribution in [0, 0.1) is 0 Å². The molecule has 146 valence electrons. The number of ketones is 1. The summed E-state index contributed by atoms with van der Waals surface area (Å²) in [5.41, 5.74) is 1.42. The monoisotopic (exact) mass is 427 g/mol. The Balaban J connectivity index is 1.62. The molecule has 0 aliphatic carbocycles. The molecular formula is C22H15Cl2NO4. The lowest BCUT2D eigenvalue weighted by Crippen LogP contribution is -2.15. The number of amides is 1. The molecule has 0 spiro atoms. The van der Waals surface area contributed by atoms with Crippen molar-refractivity contribution in [1.82, 2.24) is 0 Å². The van der Waals surface area contributed by atoms with Gasteiger partial charge in [0.05, 0.1) is 15.6 Å². The Hall–Kier alpha value is -3.15. The molecule has 7 heteroatoms. The summed E-state index contributed by atoms with van der Waals surface area (Å²) in [6.45, 7) is -0.447. The third-order valence-corrected chi connectivity index (χ3v) is 4.71. The fourth-order valence-electron chi connectivity index (χ4n) is 2.48. The van der Waals surface area contributed by atoms with Crippen LogP contribution < -0.4 is 5.32 Å². The van der Waals surface area contributed by atoms with Crippen LogP contribution in [0.2, 0.25) is 10.0 Å². The van der Waals surface area contributed by atoms with Gasteiger partial charge in [-0.1, -0.05) is 47.5 Å². The van der Waals surface area contributed by atoms with Gasteiger partial charge in [-0.15, -0.1) is 0 Å². The molecule has 5 nitrogen and oxygen atoms in total. The predicted octanol–water partition coefficient (Wildman–Crippen LogP) is 5.29. The molecule has 29 heavy (non-hydrogen) atoms. The Kier molecular flexibility index (Phi) is 6.65. The molecule has 1 N–H and O–H groups in total. The average Bonchev–Trinajstić information content (AvgIpc) is 2.74. The number of carbonyl (C=O) groups excluding carboxylic acids is 3. The van der Waals surface area contributed by atoms with Crippen LogP contribution in [-0.2, 0) is 4.74 Å². The molecule has 0 fully saturated rings. The number of esters is 1. The van der Waals surface area contributed by atoms with Crippen LogP contribution in [0.4, 0.5) is 5.69 Å². The molecule has 0 radical (unpaired) electrons. The van der Waals surface area contributed by atoms with Gasteiger partial charge in [0.1, 0.15) is 0 Å². The normalized spacial score (nSPS) is 10.3. The summed E-state index contributed by atoms with van der Waals surface area (Å²) >= 11 is 11.7. The van der Waals surface area contributed by atoms with Gasteiger partial charge in [0.2, 0.25) is 0 Å². The quantitative estimate of drug-likeness (QED) is 0.428. The number of rotatable bonds is 6. The molecule has 0 saturated heterocycles. The molecule has 0 aliphatic rings. The minimum absolute atomic E-state index is 0.206. The van der Waals surface area contributed by atoms with Gasteiger partial charge in [-0.05, 0) is 48.5 Å². The SMILES string of the molecule is O=C(COC(=O)c1cccc(NC(=O)c2ccccc2)c1)c1ccc(Cl)c(Cl)c1. The fourth-order valence-corrected chi connectivity index (χ4v) is 2.78. The van der Waals surface area contributed by atoms with Crippen molar-refractivity contribution in [1.29, 1.82) is 0 Å². The summed E-state index contributed by atoms with van der Waals surface area (Å²) in [6, 6.07) is 19.4. The zero-order chi connectivity index (χ0) is 20.8. The second-order valence-electron chi connectivity index (χ2n) is 6.03. The van der Waals surface area contributed by atoms with Crippen molar-refractivity contribution >= 4 is 46.5 Å². The van der Waals surface area contributed by atoms with Gasteiger partial charge >= 0.3 is 5.97 Å². The first-order valence-electron chi connectivity index (χ1n) is 8.56. The molecule has 3 rings (SSSR count). The Morgan fingerprint density at radius 3 is 2.21 bits per heavy atom. The number of nitrogens with one attached hydrogen (secondary N) is 1. The van der Waals surface area contributed by atoms with Crippen molar-refractivity contribution in [3.05, 3.63) is 99.5 Å². The van der Waals surface area contributed by atoms with Crippen LogP contribution in [0.15, 0.2) is 72.8 Å². The van der Waals surface area contributed by atoms with Gasteiger partial charge in [-0.2, -0.15) is 0 Å². The summed E-state index contributed by atoms with van der Waals surface area (Å²) in [5.74, 6) is -1.40. The first-order valence-corrected chi connectivity index (χ1v) is 9.31. The molecular weight excluding hydrogens is 413 g/mol. The van der Waals surface area contributed by atoms with Gasteiger partial charge in [0.15, 0.2) is 12.4 Å². The first-order chi connectivity index (χ1) is 13.9. The Labute approximate surface area is 177 Å². The third-order valence-electron chi connectivity index (χ3n) is 3.97. The fraction of sp³-hybridized carbons (Fsp3) is 0.0455. The number of Topliss-reactive ketones (excluding diaryl/α,β-unsaturated/α-hetero) is 1. The summed E-state index contributed by atoms with van der Waals surface area (Å²) in [5, 5.41) is 3.28. The second kappa shape index (κ2) is 9.37. The highest BCUT2D eigenvalue weighted by atomic mass is 35.5. The van der Waals surface area contributed by atoms with E-state index in [2.05, 4.69) is 5.32 Å². The van der Waals surface area contributed by atoms with Crippen molar-refractivity contribution in [2.24, 2.45) is 0 Å². The molecule has 3 aromatic carbocycles. The Morgan fingerprint density at radius 2 is 1.48 bits per heavy atom. The van der Waals surface area contributed by atoms with Crippen molar-refractivity contribution in [3.63, 3.8) is 0 Å². The zero-order valence-electron chi connectivity index (χ0n) is 15.0. The third kappa shape index (κ3) is 5.44. The smallest absolute Gasteiger partial charge is 0.338 e. The van der Waals surface area contributed by atoms with Crippen LogP contribution in [0.3, 0.4) is 0 Å². The molecule has 0 aliphatic heterocycles. The van der Waals surface area contributed by atoms with E-state index in [0.29, 0.717) is 16.3 Å². The maximum Gasteiger partial charge on any atom is 0.338 e. The number of anilines is 1. The van der Waals surface area contributed by atoms with Crippen molar-refractivity contribution in [3.8, 4) is 0 Å². The lowest BCUT2D eigenvalue weighted by Gasteiger charge is -2.08. The number of ether oxygens (including phenoxy) is 1. The lowest BCUT2D eigenvalue weighted by atomic mass is 10.1. The minimum Gasteiger partial charge on any atom is -0.454 e. The maximum atomic E-state index is 12.3. The highest BCUT2D eigenvalue weighted by Gasteiger charge is 2.14. The summed E-state index contributed by atoms with van der Waals surface area (Å²) in [7, 11) is 0. The average molecular weight is 428 g/mol. The summed E-state index contributed by atoms with van der Waals surface area (Å²) in [4.78, 5) is 36.7. The van der Waals surface area contributed by atoms with E-state index >= 15 is 0 Å². The summed E-state index contributed by atoms with van der Waals surface area (Å²) in [6.07, 6.45) is 0. The van der Waals surface area contributed by atoms with Crippen molar-refractivity contribution in [2.45, 2.75) is 0 Å². The van der Waals surface area contributed by atoms with Crippen LogP contribution in [0.5, 0.6) is 0 Å². The molecule has 0 bridgehead atoms. The van der Waals surface area contributed by atoms with E-state index in [1.165, 1.54) is 30.3 Å². The van der Waals surface area contributed by atoms with Crippen molar-refractivity contribution in [2.75, 3.05) is 11.9 Å². The van der Waals surface area contributed by atoms with E-state index in [1.54, 1.807) is 36.4 Å². The van der Waals surface area contributed by atoms with Gasteiger partial charge in [0, 0.05) is 16.8 Å². The minimum atomic E-state index is -0.686.